The van der Waals surface area contributed by atoms with Gasteiger partial charge >= 0.3 is 11.8 Å². The van der Waals surface area contributed by atoms with Crippen molar-refractivity contribution < 1.29 is 23.1 Å². The van der Waals surface area contributed by atoms with Gasteiger partial charge in [-0.25, -0.2) is 8.78 Å². The van der Waals surface area contributed by atoms with E-state index in [1.54, 1.807) is 35.1 Å². The summed E-state index contributed by atoms with van der Waals surface area (Å²) in [6.07, 6.45) is 1.63. The fourth-order valence-electron chi connectivity index (χ4n) is 2.87. The largest absolute Gasteiger partial charge is 0.487 e. The van der Waals surface area contributed by atoms with Gasteiger partial charge < -0.3 is 15.4 Å². The van der Waals surface area contributed by atoms with Crippen LogP contribution in [0.3, 0.4) is 0 Å². The quantitative estimate of drug-likeness (QED) is 0.483. The molecule has 11 heteroatoms. The molecule has 0 spiro atoms. The van der Waals surface area contributed by atoms with E-state index in [1.165, 1.54) is 0 Å². The van der Waals surface area contributed by atoms with Crippen LogP contribution in [0.2, 0.25) is 5.02 Å². The molecule has 8 nitrogen and oxygen atoms in total. The van der Waals surface area contributed by atoms with Gasteiger partial charge in [-0.05, 0) is 24.3 Å². The molecule has 0 saturated heterocycles. The highest BCUT2D eigenvalue weighted by Gasteiger charge is 2.23. The monoisotopic (exact) mass is 477 g/mol. The number of nitrogens with zero attached hydrogens (tertiary/aromatic N) is 3. The van der Waals surface area contributed by atoms with Crippen LogP contribution in [0.4, 0.5) is 14.5 Å². The minimum atomic E-state index is -0.790. The minimum absolute atomic E-state index is 0.0229. The van der Waals surface area contributed by atoms with Crippen LogP contribution >= 0.6 is 11.6 Å². The second-order valence-electron chi connectivity index (χ2n) is 8.11. The molecule has 3 rings (SSSR count). The van der Waals surface area contributed by atoms with Gasteiger partial charge in [0.25, 0.3) is 0 Å². The van der Waals surface area contributed by atoms with Crippen LogP contribution in [-0.4, -0.2) is 33.4 Å². The molecule has 2 amide bonds. The van der Waals surface area contributed by atoms with Crippen molar-refractivity contribution in [3.63, 3.8) is 0 Å². The number of hydrogen-bond donors (Lipinski definition) is 2. The van der Waals surface area contributed by atoms with Crippen LogP contribution in [0.15, 0.2) is 48.7 Å². The van der Waals surface area contributed by atoms with E-state index in [9.17, 15) is 18.4 Å². The molecule has 3 aromatic rings. The van der Waals surface area contributed by atoms with Crippen LogP contribution < -0.4 is 15.4 Å². The molecule has 174 valence electrons. The molecule has 0 aliphatic carbocycles. The molecule has 2 N–H and O–H groups in total. The Kier molecular flexibility index (Phi) is 7.59. The number of carbonyl (C=O) groups is 2. The predicted molar refractivity (Wildman–Crippen MR) is 118 cm³/mol. The first-order valence-corrected chi connectivity index (χ1v) is 10.3. The highest BCUT2D eigenvalue weighted by molar-refractivity contribution is 6.39. The molecule has 33 heavy (non-hydrogen) atoms. The maximum Gasteiger partial charge on any atom is 0.313 e. The number of rotatable bonds is 8. The smallest absolute Gasteiger partial charge is 0.313 e. The molecule has 0 bridgehead atoms. The maximum absolute atomic E-state index is 13.2. The first-order chi connectivity index (χ1) is 15.6. The first kappa shape index (κ1) is 24.1. The topological polar surface area (TPSA) is 98.1 Å². The Morgan fingerprint density at radius 3 is 2.42 bits per heavy atom. The third-order valence-electron chi connectivity index (χ3n) is 4.43. The minimum Gasteiger partial charge on any atom is -0.487 e. The van der Waals surface area contributed by atoms with Crippen LogP contribution in [-0.2, 0) is 22.7 Å². The molecule has 0 fully saturated rings. The van der Waals surface area contributed by atoms with Crippen molar-refractivity contribution in [3.8, 4) is 5.75 Å². The standard InChI is InChI=1S/C22H22ClF2N5O3/c1-22(2,12-26-20(31)21(32)27-17-5-3-14(23)4-6-17)13-30-10-18(28-29-30)11-33-19-8-15(24)7-16(25)9-19/h3-10H,11-13H2,1-2H3,(H,26,31)(H,27,32). The highest BCUT2D eigenvalue weighted by atomic mass is 35.5. The van der Waals surface area contributed by atoms with Crippen LogP contribution in [0.1, 0.15) is 19.5 Å². The van der Waals surface area contributed by atoms with E-state index in [4.69, 9.17) is 16.3 Å². The number of aromatic nitrogens is 3. The number of amides is 2. The zero-order chi connectivity index (χ0) is 24.0. The second kappa shape index (κ2) is 10.4. The number of carbonyl (C=O) groups excluding carboxylic acids is 2. The third-order valence-corrected chi connectivity index (χ3v) is 4.69. The van der Waals surface area contributed by atoms with Gasteiger partial charge in [0, 0.05) is 47.4 Å². The summed E-state index contributed by atoms with van der Waals surface area (Å²) in [4.78, 5) is 24.2. The van der Waals surface area contributed by atoms with Gasteiger partial charge in [-0.2, -0.15) is 0 Å². The zero-order valence-electron chi connectivity index (χ0n) is 17.9. The predicted octanol–water partition coefficient (Wildman–Crippen LogP) is 3.57. The molecular weight excluding hydrogens is 456 g/mol. The Morgan fingerprint density at radius 2 is 1.76 bits per heavy atom. The fourth-order valence-corrected chi connectivity index (χ4v) is 2.99. The van der Waals surface area contributed by atoms with Crippen molar-refractivity contribution in [2.24, 2.45) is 5.41 Å². The van der Waals surface area contributed by atoms with E-state index in [0.29, 0.717) is 22.9 Å². The number of halogens is 3. The highest BCUT2D eigenvalue weighted by Crippen LogP contribution is 2.19. The van der Waals surface area contributed by atoms with Gasteiger partial charge in [-0.15, -0.1) is 5.10 Å². The molecule has 0 atom stereocenters. The van der Waals surface area contributed by atoms with E-state index in [-0.39, 0.29) is 18.9 Å². The Balaban J connectivity index is 1.47. The molecule has 1 aromatic heterocycles. The summed E-state index contributed by atoms with van der Waals surface area (Å²) in [5, 5.41) is 13.6. The molecule has 0 unspecified atom stereocenters. The van der Waals surface area contributed by atoms with E-state index < -0.39 is 28.9 Å². The molecule has 0 aliphatic rings. The lowest BCUT2D eigenvalue weighted by atomic mass is 9.93. The summed E-state index contributed by atoms with van der Waals surface area (Å²) in [6, 6.07) is 9.29. The molecule has 0 saturated carbocycles. The molecule has 1 heterocycles. The van der Waals surface area contributed by atoms with Gasteiger partial charge in [0.2, 0.25) is 0 Å². The lowest BCUT2D eigenvalue weighted by Crippen LogP contribution is -2.41. The molecule has 0 radical (unpaired) electrons. The SMILES string of the molecule is CC(C)(CNC(=O)C(=O)Nc1ccc(Cl)cc1)Cn1cc(COc2cc(F)cc(F)c2)nn1. The summed E-state index contributed by atoms with van der Waals surface area (Å²) < 4.78 is 33.4. The Labute approximate surface area is 193 Å². The average Bonchev–Trinajstić information content (AvgIpc) is 3.18. The fraction of sp³-hybridized carbons (Fsp3) is 0.273. The maximum atomic E-state index is 13.2. The molecule has 0 aliphatic heterocycles. The lowest BCUT2D eigenvalue weighted by Gasteiger charge is -2.24. The average molecular weight is 478 g/mol. The summed E-state index contributed by atoms with van der Waals surface area (Å²) in [7, 11) is 0. The van der Waals surface area contributed by atoms with Crippen molar-refractivity contribution in [2.75, 3.05) is 11.9 Å². The summed E-state index contributed by atoms with van der Waals surface area (Å²) in [6.45, 7) is 4.34. The van der Waals surface area contributed by atoms with Crippen LogP contribution in [0, 0.1) is 17.0 Å². The van der Waals surface area contributed by atoms with Gasteiger partial charge in [-0.1, -0.05) is 30.7 Å². The van der Waals surface area contributed by atoms with Crippen molar-refractivity contribution >= 4 is 29.1 Å². The van der Waals surface area contributed by atoms with Crippen LogP contribution in [0.25, 0.3) is 0 Å². The molecule has 2 aromatic carbocycles. The van der Waals surface area contributed by atoms with E-state index in [2.05, 4.69) is 20.9 Å². The van der Waals surface area contributed by atoms with Crippen molar-refractivity contribution in [2.45, 2.75) is 27.0 Å². The number of nitrogens with one attached hydrogen (secondary N) is 2. The van der Waals surface area contributed by atoms with Crippen LogP contribution in [0.5, 0.6) is 5.75 Å². The van der Waals surface area contributed by atoms with Crippen molar-refractivity contribution in [3.05, 3.63) is 71.0 Å². The van der Waals surface area contributed by atoms with Crippen molar-refractivity contribution in [1.29, 1.82) is 0 Å². The zero-order valence-corrected chi connectivity index (χ0v) is 18.7. The van der Waals surface area contributed by atoms with E-state index in [1.807, 2.05) is 13.8 Å². The number of ether oxygens (including phenoxy) is 1. The third kappa shape index (κ3) is 7.53. The molecular formula is C22H22ClF2N5O3. The van der Waals surface area contributed by atoms with Gasteiger partial charge in [0.05, 0.1) is 6.20 Å². The van der Waals surface area contributed by atoms with E-state index in [0.717, 1.165) is 18.2 Å². The number of hydrogen-bond acceptors (Lipinski definition) is 5. The van der Waals surface area contributed by atoms with E-state index >= 15 is 0 Å². The van der Waals surface area contributed by atoms with Gasteiger partial charge in [-0.3, -0.25) is 14.3 Å². The Morgan fingerprint density at radius 1 is 1.09 bits per heavy atom. The normalized spacial score (nSPS) is 11.2. The second-order valence-corrected chi connectivity index (χ2v) is 8.55. The van der Waals surface area contributed by atoms with Crippen molar-refractivity contribution in [1.82, 2.24) is 20.3 Å². The first-order valence-electron chi connectivity index (χ1n) is 9.92. The summed E-state index contributed by atoms with van der Waals surface area (Å²) in [5.74, 6) is -2.99. The van der Waals surface area contributed by atoms with Gasteiger partial charge in [0.1, 0.15) is 29.7 Å². The summed E-state index contributed by atoms with van der Waals surface area (Å²) in [5.41, 5.74) is 0.451. The number of benzene rings is 2. The van der Waals surface area contributed by atoms with Gasteiger partial charge in [0.15, 0.2) is 0 Å². The Hall–Kier alpha value is -3.53. The number of anilines is 1. The Bertz CT molecular complexity index is 1120. The lowest BCUT2D eigenvalue weighted by molar-refractivity contribution is -0.136. The summed E-state index contributed by atoms with van der Waals surface area (Å²) >= 11 is 5.80.